The highest BCUT2D eigenvalue weighted by atomic mass is 127. The standard InChI is InChI=1S/C24H25IO9/c1-16(26)31-14-24(3,34-22(28)18-9-5-4-6-10-18)21(33-15-32-17(2)27)13-30-23(29)19-11-7-8-12-20(19)25/h4-12,21H,13-15H2,1-3H3/t21-,24?/m0/s1. The third-order valence-electron chi connectivity index (χ3n) is 4.57. The van der Waals surface area contributed by atoms with Gasteiger partial charge in [-0.2, -0.15) is 0 Å². The number of ether oxygens (including phenoxy) is 5. The summed E-state index contributed by atoms with van der Waals surface area (Å²) in [5.74, 6) is -2.55. The lowest BCUT2D eigenvalue weighted by Gasteiger charge is -2.35. The molecular formula is C24H25IO9. The molecule has 0 aromatic heterocycles. The van der Waals surface area contributed by atoms with Gasteiger partial charge in [0.2, 0.25) is 0 Å². The molecule has 9 nitrogen and oxygen atoms in total. The Morgan fingerprint density at radius 2 is 1.47 bits per heavy atom. The van der Waals surface area contributed by atoms with E-state index in [1.807, 2.05) is 22.6 Å². The van der Waals surface area contributed by atoms with Gasteiger partial charge in [-0.1, -0.05) is 30.3 Å². The van der Waals surface area contributed by atoms with Gasteiger partial charge < -0.3 is 23.7 Å². The first kappa shape index (κ1) is 27.3. The van der Waals surface area contributed by atoms with Crippen LogP contribution in [-0.2, 0) is 33.3 Å². The predicted octanol–water partition coefficient (Wildman–Crippen LogP) is 3.53. The zero-order valence-electron chi connectivity index (χ0n) is 18.9. The molecule has 0 aliphatic heterocycles. The van der Waals surface area contributed by atoms with Crippen LogP contribution in [0.4, 0.5) is 0 Å². The Balaban J connectivity index is 2.27. The summed E-state index contributed by atoms with van der Waals surface area (Å²) in [5, 5.41) is 0. The lowest BCUT2D eigenvalue weighted by atomic mass is 9.99. The Morgan fingerprint density at radius 3 is 2.09 bits per heavy atom. The average molecular weight is 584 g/mol. The summed E-state index contributed by atoms with van der Waals surface area (Å²) in [6.45, 7) is 2.58. The molecule has 10 heteroatoms. The highest BCUT2D eigenvalue weighted by Crippen LogP contribution is 2.24. The van der Waals surface area contributed by atoms with Crippen molar-refractivity contribution in [2.24, 2.45) is 0 Å². The highest BCUT2D eigenvalue weighted by Gasteiger charge is 2.42. The Labute approximate surface area is 210 Å². The van der Waals surface area contributed by atoms with Gasteiger partial charge in [0.05, 0.1) is 11.1 Å². The van der Waals surface area contributed by atoms with Crippen molar-refractivity contribution < 1.29 is 42.9 Å². The van der Waals surface area contributed by atoms with Crippen LogP contribution in [0.15, 0.2) is 54.6 Å². The number of hydrogen-bond acceptors (Lipinski definition) is 9. The molecule has 0 spiro atoms. The molecule has 0 radical (unpaired) electrons. The molecule has 1 unspecified atom stereocenters. The lowest BCUT2D eigenvalue weighted by molar-refractivity contribution is -0.194. The first-order valence-electron chi connectivity index (χ1n) is 10.2. The van der Waals surface area contributed by atoms with E-state index in [-0.39, 0.29) is 12.2 Å². The van der Waals surface area contributed by atoms with Crippen molar-refractivity contribution in [1.29, 1.82) is 0 Å². The van der Waals surface area contributed by atoms with Gasteiger partial charge in [-0.05, 0) is 53.8 Å². The van der Waals surface area contributed by atoms with Crippen LogP contribution in [0.5, 0.6) is 0 Å². The molecule has 0 N–H and O–H groups in total. The maximum absolute atomic E-state index is 12.8. The zero-order valence-corrected chi connectivity index (χ0v) is 21.1. The third-order valence-corrected chi connectivity index (χ3v) is 5.51. The van der Waals surface area contributed by atoms with Crippen molar-refractivity contribution in [3.8, 4) is 0 Å². The van der Waals surface area contributed by atoms with E-state index in [1.165, 1.54) is 20.8 Å². The zero-order chi connectivity index (χ0) is 25.1. The average Bonchev–Trinajstić information content (AvgIpc) is 2.80. The summed E-state index contributed by atoms with van der Waals surface area (Å²) >= 11 is 2.01. The maximum Gasteiger partial charge on any atom is 0.339 e. The molecule has 0 fully saturated rings. The molecule has 0 amide bonds. The van der Waals surface area contributed by atoms with Crippen LogP contribution in [-0.4, -0.2) is 55.6 Å². The number of carbonyl (C=O) groups excluding carboxylic acids is 4. The molecular weight excluding hydrogens is 559 g/mol. The summed E-state index contributed by atoms with van der Waals surface area (Å²) in [6, 6.07) is 15.0. The Morgan fingerprint density at radius 1 is 0.853 bits per heavy atom. The SMILES string of the molecule is CC(=O)OCO[C@@H](COC(=O)c1ccccc1I)C(C)(COC(C)=O)OC(=O)c1ccccc1. The van der Waals surface area contributed by atoms with Crippen molar-refractivity contribution >= 4 is 46.5 Å². The molecule has 0 bridgehead atoms. The topological polar surface area (TPSA) is 114 Å². The summed E-state index contributed by atoms with van der Waals surface area (Å²) in [7, 11) is 0. The van der Waals surface area contributed by atoms with E-state index in [1.54, 1.807) is 54.6 Å². The molecule has 0 heterocycles. The molecule has 2 aromatic carbocycles. The van der Waals surface area contributed by atoms with E-state index >= 15 is 0 Å². The summed E-state index contributed by atoms with van der Waals surface area (Å²) in [4.78, 5) is 48.1. The fourth-order valence-electron chi connectivity index (χ4n) is 2.73. The van der Waals surface area contributed by atoms with Crippen LogP contribution in [0.25, 0.3) is 0 Å². The van der Waals surface area contributed by atoms with Crippen LogP contribution in [0.2, 0.25) is 0 Å². The summed E-state index contributed by atoms with van der Waals surface area (Å²) in [6.07, 6.45) is -1.15. The second kappa shape index (κ2) is 13.0. The number of halogens is 1. The lowest BCUT2D eigenvalue weighted by Crippen LogP contribution is -2.52. The van der Waals surface area contributed by atoms with Crippen LogP contribution in [0, 0.1) is 3.57 Å². The Bertz CT molecular complexity index is 1010. The van der Waals surface area contributed by atoms with E-state index in [2.05, 4.69) is 0 Å². The molecule has 34 heavy (non-hydrogen) atoms. The number of carbonyl (C=O) groups is 4. The van der Waals surface area contributed by atoms with E-state index in [0.717, 1.165) is 0 Å². The van der Waals surface area contributed by atoms with Gasteiger partial charge in [0.15, 0.2) is 12.4 Å². The molecule has 2 atom stereocenters. The van der Waals surface area contributed by atoms with Gasteiger partial charge in [-0.15, -0.1) is 0 Å². The normalized spacial score (nSPS) is 13.2. The fraction of sp³-hybridized carbons (Fsp3) is 0.333. The second-order valence-corrected chi connectivity index (χ2v) is 8.50. The molecule has 182 valence electrons. The van der Waals surface area contributed by atoms with E-state index < -0.39 is 49.0 Å². The first-order chi connectivity index (χ1) is 16.1. The summed E-state index contributed by atoms with van der Waals surface area (Å²) < 4.78 is 27.4. The van der Waals surface area contributed by atoms with Gasteiger partial charge in [0.25, 0.3) is 0 Å². The molecule has 2 rings (SSSR count). The van der Waals surface area contributed by atoms with Crippen molar-refractivity contribution in [3.63, 3.8) is 0 Å². The van der Waals surface area contributed by atoms with Gasteiger partial charge in [-0.25, -0.2) is 9.59 Å². The monoisotopic (exact) mass is 584 g/mol. The second-order valence-electron chi connectivity index (χ2n) is 7.34. The van der Waals surface area contributed by atoms with Crippen molar-refractivity contribution in [2.45, 2.75) is 32.5 Å². The highest BCUT2D eigenvalue weighted by molar-refractivity contribution is 14.1. The quantitative estimate of drug-likeness (QED) is 0.169. The smallest absolute Gasteiger partial charge is 0.339 e. The molecule has 0 saturated heterocycles. The van der Waals surface area contributed by atoms with E-state index in [0.29, 0.717) is 9.13 Å². The minimum absolute atomic E-state index is 0.256. The van der Waals surface area contributed by atoms with E-state index in [9.17, 15) is 19.2 Å². The number of esters is 4. The van der Waals surface area contributed by atoms with Crippen molar-refractivity contribution in [2.75, 3.05) is 20.0 Å². The molecule has 0 aliphatic rings. The van der Waals surface area contributed by atoms with Gasteiger partial charge >= 0.3 is 23.9 Å². The third kappa shape index (κ3) is 8.41. The molecule has 2 aromatic rings. The minimum atomic E-state index is -1.59. The minimum Gasteiger partial charge on any atom is -0.462 e. The Hall–Kier alpha value is -2.99. The predicted molar refractivity (Wildman–Crippen MR) is 128 cm³/mol. The van der Waals surface area contributed by atoms with Gasteiger partial charge in [0, 0.05) is 17.4 Å². The van der Waals surface area contributed by atoms with Crippen LogP contribution >= 0.6 is 22.6 Å². The van der Waals surface area contributed by atoms with Crippen LogP contribution in [0.1, 0.15) is 41.5 Å². The largest absolute Gasteiger partial charge is 0.462 e. The molecule has 0 aliphatic carbocycles. The van der Waals surface area contributed by atoms with Crippen LogP contribution < -0.4 is 0 Å². The van der Waals surface area contributed by atoms with Gasteiger partial charge in [0.1, 0.15) is 19.3 Å². The van der Waals surface area contributed by atoms with Crippen LogP contribution in [0.3, 0.4) is 0 Å². The number of benzene rings is 2. The van der Waals surface area contributed by atoms with Crippen molar-refractivity contribution in [1.82, 2.24) is 0 Å². The first-order valence-corrected chi connectivity index (χ1v) is 11.3. The summed E-state index contributed by atoms with van der Waals surface area (Å²) in [5.41, 5.74) is -1.00. The molecule has 0 saturated carbocycles. The van der Waals surface area contributed by atoms with Gasteiger partial charge in [-0.3, -0.25) is 9.59 Å². The van der Waals surface area contributed by atoms with E-state index in [4.69, 9.17) is 23.7 Å². The van der Waals surface area contributed by atoms with Crippen molar-refractivity contribution in [3.05, 3.63) is 69.3 Å². The number of hydrogen-bond donors (Lipinski definition) is 0. The fourth-order valence-corrected chi connectivity index (χ4v) is 3.34. The number of rotatable bonds is 11. The maximum atomic E-state index is 12.8. The Kier molecular flexibility index (Phi) is 10.5.